The number of rotatable bonds is 5. The Bertz CT molecular complexity index is 600. The Labute approximate surface area is 119 Å². The van der Waals surface area contributed by atoms with Crippen LogP contribution in [0.15, 0.2) is 60.7 Å². The fourth-order valence-electron chi connectivity index (χ4n) is 2.46. The molecule has 2 heteroatoms. The van der Waals surface area contributed by atoms with Gasteiger partial charge in [-0.15, -0.1) is 0 Å². The van der Waals surface area contributed by atoms with Crippen LogP contribution in [0.2, 0.25) is 0 Å². The highest BCUT2D eigenvalue weighted by molar-refractivity contribution is 5.85. The molecular weight excluding hydrogens is 248 g/mol. The number of carbonyl (C=O) groups is 1. The van der Waals surface area contributed by atoms with Gasteiger partial charge in [-0.1, -0.05) is 61.5 Å². The normalized spacial score (nSPS) is 12.4. The van der Waals surface area contributed by atoms with E-state index in [4.69, 9.17) is 5.11 Å². The first-order valence-corrected chi connectivity index (χ1v) is 6.77. The minimum atomic E-state index is -0.924. The zero-order valence-corrected chi connectivity index (χ0v) is 11.5. The lowest BCUT2D eigenvalue weighted by molar-refractivity contribution is -0.131. The molecule has 0 aliphatic carbocycles. The maximum atomic E-state index is 10.7. The summed E-state index contributed by atoms with van der Waals surface area (Å²) in [7, 11) is 0. The number of hydrogen-bond donors (Lipinski definition) is 1. The van der Waals surface area contributed by atoms with Crippen molar-refractivity contribution >= 4 is 12.0 Å². The third kappa shape index (κ3) is 3.35. The fraction of sp³-hybridized carbons (Fsp3) is 0.167. The maximum Gasteiger partial charge on any atom is 0.328 e. The number of benzene rings is 2. The zero-order chi connectivity index (χ0) is 14.4. The van der Waals surface area contributed by atoms with Crippen molar-refractivity contribution in [2.75, 3.05) is 0 Å². The average molecular weight is 266 g/mol. The molecule has 0 aromatic heterocycles. The number of aliphatic carboxylic acids is 1. The lowest BCUT2D eigenvalue weighted by Crippen LogP contribution is -2.02. The van der Waals surface area contributed by atoms with Crippen LogP contribution in [0.4, 0.5) is 0 Å². The molecular formula is C18H18O2. The Morgan fingerprint density at radius 2 is 1.75 bits per heavy atom. The summed E-state index contributed by atoms with van der Waals surface area (Å²) in [6, 6.07) is 18.3. The van der Waals surface area contributed by atoms with E-state index in [-0.39, 0.29) is 5.92 Å². The second-order valence-corrected chi connectivity index (χ2v) is 4.67. The van der Waals surface area contributed by atoms with Gasteiger partial charge in [0.2, 0.25) is 0 Å². The van der Waals surface area contributed by atoms with Crippen molar-refractivity contribution in [1.82, 2.24) is 0 Å². The molecule has 2 rings (SSSR count). The van der Waals surface area contributed by atoms with Gasteiger partial charge in [0, 0.05) is 12.0 Å². The quantitative estimate of drug-likeness (QED) is 0.818. The Morgan fingerprint density at radius 3 is 2.40 bits per heavy atom. The molecule has 0 aliphatic rings. The van der Waals surface area contributed by atoms with Crippen LogP contribution in [0.1, 0.15) is 36.0 Å². The van der Waals surface area contributed by atoms with Crippen LogP contribution in [0.25, 0.3) is 6.08 Å². The molecule has 0 fully saturated rings. The van der Waals surface area contributed by atoms with E-state index in [9.17, 15) is 4.79 Å². The lowest BCUT2D eigenvalue weighted by Gasteiger charge is -2.18. The van der Waals surface area contributed by atoms with Gasteiger partial charge in [0.05, 0.1) is 0 Å². The predicted octanol–water partition coefficient (Wildman–Crippen LogP) is 4.33. The predicted molar refractivity (Wildman–Crippen MR) is 81.7 cm³/mol. The summed E-state index contributed by atoms with van der Waals surface area (Å²) in [6.45, 7) is 2.15. The van der Waals surface area contributed by atoms with Gasteiger partial charge < -0.3 is 5.11 Å². The van der Waals surface area contributed by atoms with Crippen molar-refractivity contribution in [3.8, 4) is 0 Å². The molecule has 0 radical (unpaired) electrons. The summed E-state index contributed by atoms with van der Waals surface area (Å²) in [5, 5.41) is 8.79. The summed E-state index contributed by atoms with van der Waals surface area (Å²) in [4.78, 5) is 10.7. The largest absolute Gasteiger partial charge is 0.478 e. The first kappa shape index (κ1) is 14.1. The first-order valence-electron chi connectivity index (χ1n) is 6.77. The monoisotopic (exact) mass is 266 g/mol. The molecule has 1 unspecified atom stereocenters. The summed E-state index contributed by atoms with van der Waals surface area (Å²) >= 11 is 0. The van der Waals surface area contributed by atoms with Crippen molar-refractivity contribution in [3.63, 3.8) is 0 Å². The average Bonchev–Trinajstić information content (AvgIpc) is 2.48. The van der Waals surface area contributed by atoms with Crippen molar-refractivity contribution < 1.29 is 9.90 Å². The smallest absolute Gasteiger partial charge is 0.328 e. The van der Waals surface area contributed by atoms with E-state index in [1.54, 1.807) is 6.08 Å². The molecule has 102 valence electrons. The van der Waals surface area contributed by atoms with Crippen LogP contribution in [0, 0.1) is 0 Å². The molecule has 20 heavy (non-hydrogen) atoms. The standard InChI is InChI=1S/C18H18O2/c1-2-16(14-8-4-3-5-9-14)17-11-7-6-10-15(17)12-13-18(19)20/h3-13,16H,2H2,1H3,(H,19,20)/b13-12+. The SMILES string of the molecule is CCC(c1ccccc1)c1ccccc1/C=C/C(=O)O. The van der Waals surface area contributed by atoms with Gasteiger partial charge in [-0.05, 0) is 29.2 Å². The van der Waals surface area contributed by atoms with Crippen molar-refractivity contribution in [2.45, 2.75) is 19.3 Å². The second-order valence-electron chi connectivity index (χ2n) is 4.67. The maximum absolute atomic E-state index is 10.7. The lowest BCUT2D eigenvalue weighted by atomic mass is 9.86. The highest BCUT2D eigenvalue weighted by Gasteiger charge is 2.14. The highest BCUT2D eigenvalue weighted by atomic mass is 16.4. The van der Waals surface area contributed by atoms with Gasteiger partial charge in [0.25, 0.3) is 0 Å². The number of carboxylic acid groups (broad SMARTS) is 1. The fourth-order valence-corrected chi connectivity index (χ4v) is 2.46. The molecule has 1 atom stereocenters. The van der Waals surface area contributed by atoms with Crippen LogP contribution < -0.4 is 0 Å². The van der Waals surface area contributed by atoms with E-state index in [0.717, 1.165) is 12.0 Å². The van der Waals surface area contributed by atoms with Crippen molar-refractivity contribution in [1.29, 1.82) is 0 Å². The molecule has 2 aromatic carbocycles. The van der Waals surface area contributed by atoms with Gasteiger partial charge in [-0.3, -0.25) is 0 Å². The molecule has 1 N–H and O–H groups in total. The molecule has 0 spiro atoms. The zero-order valence-electron chi connectivity index (χ0n) is 11.5. The van der Waals surface area contributed by atoms with Gasteiger partial charge >= 0.3 is 5.97 Å². The van der Waals surface area contributed by atoms with Gasteiger partial charge in [-0.25, -0.2) is 4.79 Å². The topological polar surface area (TPSA) is 37.3 Å². The van der Waals surface area contributed by atoms with E-state index < -0.39 is 5.97 Å². The summed E-state index contributed by atoms with van der Waals surface area (Å²) < 4.78 is 0. The highest BCUT2D eigenvalue weighted by Crippen LogP contribution is 2.30. The Hall–Kier alpha value is -2.35. The summed E-state index contributed by atoms with van der Waals surface area (Å²) in [6.07, 6.45) is 3.84. The van der Waals surface area contributed by atoms with E-state index in [0.29, 0.717) is 0 Å². The van der Waals surface area contributed by atoms with E-state index in [1.807, 2.05) is 36.4 Å². The van der Waals surface area contributed by atoms with Gasteiger partial charge in [0.1, 0.15) is 0 Å². The minimum absolute atomic E-state index is 0.283. The van der Waals surface area contributed by atoms with Crippen molar-refractivity contribution in [2.24, 2.45) is 0 Å². The van der Waals surface area contributed by atoms with E-state index in [2.05, 4.69) is 25.1 Å². The molecule has 0 aliphatic heterocycles. The number of hydrogen-bond acceptors (Lipinski definition) is 1. The first-order chi connectivity index (χ1) is 9.72. The Morgan fingerprint density at radius 1 is 1.10 bits per heavy atom. The van der Waals surface area contributed by atoms with Crippen LogP contribution in [-0.2, 0) is 4.79 Å². The van der Waals surface area contributed by atoms with Gasteiger partial charge in [0.15, 0.2) is 0 Å². The molecule has 0 amide bonds. The summed E-state index contributed by atoms with van der Waals surface area (Å²) in [5.74, 6) is -0.640. The van der Waals surface area contributed by atoms with E-state index in [1.165, 1.54) is 17.2 Å². The molecule has 0 saturated heterocycles. The minimum Gasteiger partial charge on any atom is -0.478 e. The van der Waals surface area contributed by atoms with Crippen LogP contribution in [-0.4, -0.2) is 11.1 Å². The second kappa shape index (κ2) is 6.71. The van der Waals surface area contributed by atoms with Crippen molar-refractivity contribution in [3.05, 3.63) is 77.4 Å². The van der Waals surface area contributed by atoms with Gasteiger partial charge in [-0.2, -0.15) is 0 Å². The Kier molecular flexibility index (Phi) is 4.72. The molecule has 0 saturated carbocycles. The third-order valence-electron chi connectivity index (χ3n) is 3.39. The molecule has 0 heterocycles. The summed E-state index contributed by atoms with van der Waals surface area (Å²) in [5.41, 5.74) is 3.38. The van der Waals surface area contributed by atoms with Crippen LogP contribution in [0.5, 0.6) is 0 Å². The Balaban J connectivity index is 2.42. The molecule has 0 bridgehead atoms. The molecule has 2 nitrogen and oxygen atoms in total. The molecule has 2 aromatic rings. The third-order valence-corrected chi connectivity index (χ3v) is 3.39. The van der Waals surface area contributed by atoms with Crippen LogP contribution in [0.3, 0.4) is 0 Å². The van der Waals surface area contributed by atoms with E-state index >= 15 is 0 Å². The van der Waals surface area contributed by atoms with Crippen LogP contribution >= 0.6 is 0 Å². The number of carboxylic acids is 1.